The standard InChI is InChI=1S/C29H42O7/c1-16(7-10-27(33)34-6)21-8-9-22-20-14-25(32)24-13-19(35-17(2)30)11-12-28(24,4)23(20)15-26(29(21,22)5)36-18(3)31/h14,16,19,21-24,26H,7-13,15H2,1-6H3/t16-,19+,21-,22+,23+,24-,26+,28+,29+/m0/s1. The van der Waals surface area contributed by atoms with Crippen molar-refractivity contribution in [3.05, 3.63) is 11.6 Å². The van der Waals surface area contributed by atoms with Crippen molar-refractivity contribution in [2.45, 2.75) is 98.2 Å². The Morgan fingerprint density at radius 2 is 1.69 bits per heavy atom. The highest BCUT2D eigenvalue weighted by molar-refractivity contribution is 5.94. The van der Waals surface area contributed by atoms with Crippen LogP contribution in [-0.2, 0) is 33.4 Å². The quantitative estimate of drug-likeness (QED) is 0.380. The summed E-state index contributed by atoms with van der Waals surface area (Å²) in [6.45, 7) is 9.55. The number of ketones is 1. The first kappa shape index (κ1) is 26.9. The van der Waals surface area contributed by atoms with E-state index >= 15 is 0 Å². The molecule has 0 bridgehead atoms. The Morgan fingerprint density at radius 3 is 2.33 bits per heavy atom. The fourth-order valence-corrected chi connectivity index (χ4v) is 8.60. The lowest BCUT2D eigenvalue weighted by atomic mass is 9.46. The van der Waals surface area contributed by atoms with Crippen LogP contribution in [-0.4, -0.2) is 43.0 Å². The summed E-state index contributed by atoms with van der Waals surface area (Å²) in [7, 11) is 1.41. The van der Waals surface area contributed by atoms with E-state index in [0.717, 1.165) is 32.1 Å². The highest BCUT2D eigenvalue weighted by Gasteiger charge is 2.64. The lowest BCUT2D eigenvalue weighted by molar-refractivity contribution is -0.170. The van der Waals surface area contributed by atoms with E-state index in [4.69, 9.17) is 14.2 Å². The van der Waals surface area contributed by atoms with E-state index in [9.17, 15) is 19.2 Å². The predicted octanol–water partition coefficient (Wildman–Crippen LogP) is 4.81. The van der Waals surface area contributed by atoms with E-state index in [1.54, 1.807) is 0 Å². The topological polar surface area (TPSA) is 96.0 Å². The third-order valence-corrected chi connectivity index (χ3v) is 10.4. The van der Waals surface area contributed by atoms with Crippen LogP contribution in [0.3, 0.4) is 0 Å². The molecule has 0 heterocycles. The van der Waals surface area contributed by atoms with Crippen LogP contribution < -0.4 is 0 Å². The van der Waals surface area contributed by atoms with E-state index in [0.29, 0.717) is 19.3 Å². The molecule has 0 saturated heterocycles. The van der Waals surface area contributed by atoms with Gasteiger partial charge >= 0.3 is 17.9 Å². The summed E-state index contributed by atoms with van der Waals surface area (Å²) in [5, 5.41) is 0. The second-order valence-electron chi connectivity index (χ2n) is 12.2. The van der Waals surface area contributed by atoms with Crippen molar-refractivity contribution in [1.82, 2.24) is 0 Å². The lowest BCUT2D eigenvalue weighted by Crippen LogP contribution is -2.57. The molecule has 3 saturated carbocycles. The number of methoxy groups -OCH3 is 1. The van der Waals surface area contributed by atoms with Gasteiger partial charge in [0.1, 0.15) is 12.2 Å². The molecule has 0 unspecified atom stereocenters. The van der Waals surface area contributed by atoms with E-state index < -0.39 is 0 Å². The van der Waals surface area contributed by atoms with Crippen LogP contribution >= 0.6 is 0 Å². The Morgan fingerprint density at radius 1 is 1.00 bits per heavy atom. The molecule has 36 heavy (non-hydrogen) atoms. The van der Waals surface area contributed by atoms with Gasteiger partial charge in [-0.05, 0) is 80.1 Å². The average molecular weight is 503 g/mol. The molecule has 0 radical (unpaired) electrons. The SMILES string of the molecule is COC(=O)CC[C@H](C)[C@@H]1CC[C@@H]2C3=CC(=O)[C@@H]4C[C@H](OC(C)=O)CC[C@]4(C)[C@@H]3C[C@@H](OC(C)=O)[C@@]21C. The fourth-order valence-electron chi connectivity index (χ4n) is 8.60. The highest BCUT2D eigenvalue weighted by Crippen LogP contribution is 2.67. The molecule has 7 nitrogen and oxygen atoms in total. The number of rotatable bonds is 6. The molecule has 0 amide bonds. The second kappa shape index (κ2) is 9.94. The molecule has 0 N–H and O–H groups in total. The van der Waals surface area contributed by atoms with Crippen LogP contribution in [0.4, 0.5) is 0 Å². The van der Waals surface area contributed by atoms with Gasteiger partial charge in [-0.15, -0.1) is 0 Å². The van der Waals surface area contributed by atoms with Crippen molar-refractivity contribution in [1.29, 1.82) is 0 Å². The van der Waals surface area contributed by atoms with Crippen LogP contribution in [0.2, 0.25) is 0 Å². The zero-order valence-corrected chi connectivity index (χ0v) is 22.6. The molecule has 7 heteroatoms. The van der Waals surface area contributed by atoms with E-state index in [1.165, 1.54) is 26.5 Å². The fraction of sp³-hybridized carbons (Fsp3) is 0.793. The molecule has 200 valence electrons. The lowest BCUT2D eigenvalue weighted by Gasteiger charge is -2.59. The summed E-state index contributed by atoms with van der Waals surface area (Å²) in [6, 6.07) is 0. The van der Waals surface area contributed by atoms with Crippen molar-refractivity contribution < 1.29 is 33.4 Å². The maximum atomic E-state index is 13.5. The zero-order valence-electron chi connectivity index (χ0n) is 22.6. The van der Waals surface area contributed by atoms with Crippen LogP contribution in [0.1, 0.15) is 86.0 Å². The zero-order chi connectivity index (χ0) is 26.4. The summed E-state index contributed by atoms with van der Waals surface area (Å²) in [4.78, 5) is 49.2. The van der Waals surface area contributed by atoms with Crippen LogP contribution in [0.15, 0.2) is 11.6 Å². The van der Waals surface area contributed by atoms with Gasteiger partial charge < -0.3 is 14.2 Å². The van der Waals surface area contributed by atoms with Gasteiger partial charge in [-0.25, -0.2) is 0 Å². The summed E-state index contributed by atoms with van der Waals surface area (Å²) >= 11 is 0. The first-order chi connectivity index (χ1) is 16.9. The van der Waals surface area contributed by atoms with Crippen LogP contribution in [0, 0.1) is 40.4 Å². The van der Waals surface area contributed by atoms with Crippen LogP contribution in [0.5, 0.6) is 0 Å². The van der Waals surface area contributed by atoms with Gasteiger partial charge in [-0.1, -0.05) is 26.3 Å². The summed E-state index contributed by atoms with van der Waals surface area (Å²) in [6.07, 6.45) is 7.29. The molecule has 0 aromatic heterocycles. The molecule has 0 aliphatic heterocycles. The Labute approximate surface area is 214 Å². The van der Waals surface area contributed by atoms with Crippen molar-refractivity contribution >= 4 is 23.7 Å². The van der Waals surface area contributed by atoms with Crippen molar-refractivity contribution in [3.8, 4) is 0 Å². The van der Waals surface area contributed by atoms with E-state index in [-0.39, 0.29) is 76.3 Å². The van der Waals surface area contributed by atoms with Gasteiger partial charge in [-0.2, -0.15) is 0 Å². The van der Waals surface area contributed by atoms with E-state index in [2.05, 4.69) is 20.8 Å². The van der Waals surface area contributed by atoms with Crippen molar-refractivity contribution in [2.75, 3.05) is 7.11 Å². The van der Waals surface area contributed by atoms with Gasteiger partial charge in [0.15, 0.2) is 5.78 Å². The number of allylic oxidation sites excluding steroid dienone is 2. The number of carbonyl (C=O) groups is 4. The van der Waals surface area contributed by atoms with Gasteiger partial charge in [0.2, 0.25) is 0 Å². The molecule has 0 aromatic carbocycles. The summed E-state index contributed by atoms with van der Waals surface area (Å²) in [5.74, 6) is 0.0424. The average Bonchev–Trinajstić information content (AvgIpc) is 3.17. The molecular weight excluding hydrogens is 460 g/mol. The van der Waals surface area contributed by atoms with Crippen LogP contribution in [0.25, 0.3) is 0 Å². The Balaban J connectivity index is 1.67. The molecule has 4 rings (SSSR count). The Bertz CT molecular complexity index is 953. The van der Waals surface area contributed by atoms with Crippen molar-refractivity contribution in [3.63, 3.8) is 0 Å². The molecule has 0 aromatic rings. The third kappa shape index (κ3) is 4.51. The van der Waals surface area contributed by atoms with Gasteiger partial charge in [-0.3, -0.25) is 19.2 Å². The predicted molar refractivity (Wildman–Crippen MR) is 132 cm³/mol. The van der Waals surface area contributed by atoms with Gasteiger partial charge in [0.25, 0.3) is 0 Å². The maximum Gasteiger partial charge on any atom is 0.305 e. The smallest absolute Gasteiger partial charge is 0.305 e. The number of esters is 3. The minimum Gasteiger partial charge on any atom is -0.469 e. The minimum absolute atomic E-state index is 0.149. The molecule has 9 atom stereocenters. The Hall–Kier alpha value is -2.18. The molecule has 3 fully saturated rings. The first-order valence-electron chi connectivity index (χ1n) is 13.6. The highest BCUT2D eigenvalue weighted by atomic mass is 16.5. The molecule has 4 aliphatic rings. The maximum absolute atomic E-state index is 13.5. The Kier molecular flexibility index (Phi) is 7.42. The first-order valence-corrected chi connectivity index (χ1v) is 13.6. The van der Waals surface area contributed by atoms with Gasteiger partial charge in [0.05, 0.1) is 7.11 Å². The second-order valence-corrected chi connectivity index (χ2v) is 12.2. The monoisotopic (exact) mass is 502 g/mol. The number of ether oxygens (including phenoxy) is 3. The molecule has 4 aliphatic carbocycles. The minimum atomic E-state index is -0.301. The third-order valence-electron chi connectivity index (χ3n) is 10.4. The molecule has 0 spiro atoms. The summed E-state index contributed by atoms with van der Waals surface area (Å²) < 4.78 is 16.5. The number of carbonyl (C=O) groups excluding carboxylic acids is 4. The number of fused-ring (bicyclic) bond motifs is 5. The van der Waals surface area contributed by atoms with Crippen molar-refractivity contribution in [2.24, 2.45) is 40.4 Å². The van der Waals surface area contributed by atoms with Gasteiger partial charge in [0, 0.05) is 31.6 Å². The molecular formula is C29H42O7. The summed E-state index contributed by atoms with van der Waals surface area (Å²) in [5.41, 5.74) is 0.701. The largest absolute Gasteiger partial charge is 0.469 e. The number of hydrogen-bond donors (Lipinski definition) is 0. The number of hydrogen-bond acceptors (Lipinski definition) is 7. The normalized spacial score (nSPS) is 40.2. The van der Waals surface area contributed by atoms with E-state index in [1.807, 2.05) is 6.08 Å².